The number of rotatable bonds is 4. The van der Waals surface area contributed by atoms with Crippen molar-refractivity contribution in [1.29, 1.82) is 0 Å². The van der Waals surface area contributed by atoms with Crippen LogP contribution < -0.4 is 10.2 Å². The second-order valence-corrected chi connectivity index (χ2v) is 5.06. The Morgan fingerprint density at radius 2 is 2.16 bits per heavy atom. The van der Waals surface area contributed by atoms with Crippen LogP contribution in [-0.4, -0.2) is 49.6 Å². The number of hydrogen-bond acceptors (Lipinski definition) is 3. The number of carbonyl (C=O) groups is 1. The molecule has 1 saturated heterocycles. The molecule has 1 N–H and O–H groups in total. The van der Waals surface area contributed by atoms with Gasteiger partial charge in [-0.25, -0.2) is 0 Å². The molecule has 1 aliphatic rings. The highest BCUT2D eigenvalue weighted by Crippen LogP contribution is 2.13. The summed E-state index contributed by atoms with van der Waals surface area (Å²) in [6, 6.07) is 10.4. The lowest BCUT2D eigenvalue weighted by atomic mass is 10.2. The summed E-state index contributed by atoms with van der Waals surface area (Å²) in [5, 5.41) is 3.39. The molecule has 1 atom stereocenters. The average Bonchev–Trinajstić information content (AvgIpc) is 2.41. The molecule has 1 amide bonds. The van der Waals surface area contributed by atoms with E-state index in [-0.39, 0.29) is 5.91 Å². The van der Waals surface area contributed by atoms with E-state index in [9.17, 15) is 4.79 Å². The maximum Gasteiger partial charge on any atom is 0.241 e. The zero-order valence-corrected chi connectivity index (χ0v) is 11.8. The fourth-order valence-electron chi connectivity index (χ4n) is 2.54. The smallest absolute Gasteiger partial charge is 0.241 e. The largest absolute Gasteiger partial charge is 0.312 e. The van der Waals surface area contributed by atoms with Gasteiger partial charge in [-0.1, -0.05) is 18.2 Å². The molecular weight excluding hydrogens is 238 g/mol. The zero-order chi connectivity index (χ0) is 13.7. The van der Waals surface area contributed by atoms with E-state index < -0.39 is 0 Å². The van der Waals surface area contributed by atoms with Crippen LogP contribution in [0.4, 0.5) is 5.69 Å². The van der Waals surface area contributed by atoms with Crippen LogP contribution in [0.15, 0.2) is 30.3 Å². The van der Waals surface area contributed by atoms with Gasteiger partial charge in [0.25, 0.3) is 0 Å². The highest BCUT2D eigenvalue weighted by Gasteiger charge is 2.21. The Labute approximate surface area is 115 Å². The number of anilines is 1. The molecule has 4 nitrogen and oxygen atoms in total. The van der Waals surface area contributed by atoms with Crippen molar-refractivity contribution in [3.8, 4) is 0 Å². The Bertz CT molecular complexity index is 407. The third kappa shape index (κ3) is 3.78. The van der Waals surface area contributed by atoms with Crippen molar-refractivity contribution in [2.45, 2.75) is 19.9 Å². The van der Waals surface area contributed by atoms with Gasteiger partial charge in [0, 0.05) is 37.9 Å². The Balaban J connectivity index is 1.97. The number of nitrogens with one attached hydrogen (secondary N) is 1. The molecule has 1 fully saturated rings. The number of hydrogen-bond donors (Lipinski definition) is 1. The van der Waals surface area contributed by atoms with Gasteiger partial charge in [0.2, 0.25) is 5.91 Å². The molecule has 4 heteroatoms. The van der Waals surface area contributed by atoms with Gasteiger partial charge in [-0.05, 0) is 26.0 Å². The first kappa shape index (κ1) is 14.0. The molecule has 0 bridgehead atoms. The summed E-state index contributed by atoms with van der Waals surface area (Å²) in [4.78, 5) is 16.5. The first-order chi connectivity index (χ1) is 9.20. The van der Waals surface area contributed by atoms with Gasteiger partial charge in [-0.3, -0.25) is 9.69 Å². The molecule has 0 aromatic heterocycles. The Morgan fingerprint density at radius 1 is 1.42 bits per heavy atom. The van der Waals surface area contributed by atoms with Gasteiger partial charge in [-0.2, -0.15) is 0 Å². The van der Waals surface area contributed by atoms with Crippen LogP contribution in [0.25, 0.3) is 0 Å². The number of nitrogens with zero attached hydrogens (tertiary/aromatic N) is 2. The van der Waals surface area contributed by atoms with Gasteiger partial charge < -0.3 is 10.2 Å². The third-order valence-electron chi connectivity index (χ3n) is 3.50. The van der Waals surface area contributed by atoms with Crippen LogP contribution in [0.5, 0.6) is 0 Å². The number of carbonyl (C=O) groups excluding carboxylic acids is 1. The number of para-hydroxylation sites is 1. The van der Waals surface area contributed by atoms with Gasteiger partial charge in [0.1, 0.15) is 0 Å². The first-order valence-corrected chi connectivity index (χ1v) is 7.02. The molecule has 1 heterocycles. The maximum absolute atomic E-state index is 12.4. The van der Waals surface area contributed by atoms with Crippen LogP contribution in [0.3, 0.4) is 0 Å². The Morgan fingerprint density at radius 3 is 2.79 bits per heavy atom. The minimum atomic E-state index is 0.183. The normalized spacial score (nSPS) is 20.2. The molecule has 104 valence electrons. The van der Waals surface area contributed by atoms with Crippen molar-refractivity contribution in [2.24, 2.45) is 0 Å². The lowest BCUT2D eigenvalue weighted by Crippen LogP contribution is -2.52. The Hall–Kier alpha value is -1.39. The van der Waals surface area contributed by atoms with Crippen molar-refractivity contribution in [2.75, 3.05) is 37.6 Å². The molecule has 0 spiro atoms. The van der Waals surface area contributed by atoms with Crippen molar-refractivity contribution in [3.63, 3.8) is 0 Å². The highest BCUT2D eigenvalue weighted by molar-refractivity contribution is 5.94. The van der Waals surface area contributed by atoms with Crippen molar-refractivity contribution >= 4 is 11.6 Å². The van der Waals surface area contributed by atoms with Crippen molar-refractivity contribution in [1.82, 2.24) is 10.2 Å². The summed E-state index contributed by atoms with van der Waals surface area (Å²) in [6.45, 7) is 8.25. The molecule has 0 saturated carbocycles. The summed E-state index contributed by atoms with van der Waals surface area (Å²) in [7, 11) is 0. The minimum Gasteiger partial charge on any atom is -0.312 e. The van der Waals surface area contributed by atoms with E-state index in [1.54, 1.807) is 0 Å². The van der Waals surface area contributed by atoms with E-state index in [4.69, 9.17) is 0 Å². The maximum atomic E-state index is 12.4. The molecule has 0 radical (unpaired) electrons. The number of amides is 1. The van der Waals surface area contributed by atoms with Crippen LogP contribution >= 0.6 is 0 Å². The second kappa shape index (κ2) is 6.68. The van der Waals surface area contributed by atoms with Crippen LogP contribution in [0, 0.1) is 0 Å². The topological polar surface area (TPSA) is 35.6 Å². The zero-order valence-electron chi connectivity index (χ0n) is 11.8. The highest BCUT2D eigenvalue weighted by atomic mass is 16.2. The lowest BCUT2D eigenvalue weighted by molar-refractivity contribution is -0.119. The molecule has 1 aromatic rings. The number of benzene rings is 1. The van der Waals surface area contributed by atoms with E-state index in [1.165, 1.54) is 0 Å². The predicted octanol–water partition coefficient (Wildman–Crippen LogP) is 1.33. The van der Waals surface area contributed by atoms with Gasteiger partial charge >= 0.3 is 0 Å². The summed E-state index contributed by atoms with van der Waals surface area (Å²) >= 11 is 0. The molecule has 0 aliphatic carbocycles. The molecular formula is C15H23N3O. The summed E-state index contributed by atoms with van der Waals surface area (Å²) < 4.78 is 0. The average molecular weight is 261 g/mol. The van der Waals surface area contributed by atoms with Crippen LogP contribution in [-0.2, 0) is 4.79 Å². The monoisotopic (exact) mass is 261 g/mol. The number of piperazine rings is 1. The van der Waals surface area contributed by atoms with Gasteiger partial charge in [0.05, 0.1) is 6.54 Å². The summed E-state index contributed by atoms with van der Waals surface area (Å²) in [5.74, 6) is 0.183. The summed E-state index contributed by atoms with van der Waals surface area (Å²) in [5.41, 5.74) is 0.984. The fourth-order valence-corrected chi connectivity index (χ4v) is 2.54. The lowest BCUT2D eigenvalue weighted by Gasteiger charge is -2.33. The molecule has 1 aliphatic heterocycles. The third-order valence-corrected chi connectivity index (χ3v) is 3.50. The molecule has 19 heavy (non-hydrogen) atoms. The van der Waals surface area contributed by atoms with Gasteiger partial charge in [-0.15, -0.1) is 0 Å². The number of likely N-dealkylation sites (N-methyl/N-ethyl adjacent to an activating group) is 1. The van der Waals surface area contributed by atoms with E-state index in [0.717, 1.165) is 25.3 Å². The van der Waals surface area contributed by atoms with Crippen LogP contribution in [0.1, 0.15) is 13.8 Å². The standard InChI is InChI=1S/C15H23N3O/c1-3-18(14-7-5-4-6-8-14)15(19)12-17-10-9-16-13(2)11-17/h4-8,13,16H,3,9-12H2,1-2H3/t13-/m1/s1. The minimum absolute atomic E-state index is 0.183. The van der Waals surface area contributed by atoms with E-state index in [0.29, 0.717) is 19.1 Å². The predicted molar refractivity (Wildman–Crippen MR) is 78.4 cm³/mol. The van der Waals surface area contributed by atoms with Crippen molar-refractivity contribution < 1.29 is 4.79 Å². The quantitative estimate of drug-likeness (QED) is 0.888. The SMILES string of the molecule is CCN(C(=O)CN1CCN[C@H](C)C1)c1ccccc1. The van der Waals surface area contributed by atoms with E-state index >= 15 is 0 Å². The molecule has 1 aromatic carbocycles. The van der Waals surface area contributed by atoms with Crippen LogP contribution in [0.2, 0.25) is 0 Å². The van der Waals surface area contributed by atoms with E-state index in [2.05, 4.69) is 17.1 Å². The van der Waals surface area contributed by atoms with Gasteiger partial charge in [0.15, 0.2) is 0 Å². The summed E-state index contributed by atoms with van der Waals surface area (Å²) in [6.07, 6.45) is 0. The second-order valence-electron chi connectivity index (χ2n) is 5.06. The first-order valence-electron chi connectivity index (χ1n) is 7.02. The van der Waals surface area contributed by atoms with E-state index in [1.807, 2.05) is 42.2 Å². The Kier molecular flexibility index (Phi) is 4.93. The molecule has 2 rings (SSSR count). The fraction of sp³-hybridized carbons (Fsp3) is 0.533. The van der Waals surface area contributed by atoms with Crippen molar-refractivity contribution in [3.05, 3.63) is 30.3 Å². The molecule has 0 unspecified atom stereocenters.